The molecule has 0 heterocycles. The Kier molecular flexibility index (Phi) is 12.4. The Morgan fingerprint density at radius 1 is 1.05 bits per heavy atom. The van der Waals surface area contributed by atoms with E-state index in [1.807, 2.05) is 13.0 Å². The lowest BCUT2D eigenvalue weighted by Gasteiger charge is -2.00. The molecule has 0 aliphatic carbocycles. The number of ether oxygens (including phenoxy) is 1. The van der Waals surface area contributed by atoms with Gasteiger partial charge in [0.2, 0.25) is 0 Å². The summed E-state index contributed by atoms with van der Waals surface area (Å²) in [6.07, 6.45) is 10.7. The molecule has 0 amide bonds. The summed E-state index contributed by atoms with van der Waals surface area (Å²) in [5.74, 6) is 5.79. The Bertz CT molecular complexity index is 318. The van der Waals surface area contributed by atoms with E-state index in [0.717, 1.165) is 32.1 Å². The first-order chi connectivity index (χ1) is 9.26. The zero-order valence-corrected chi connectivity index (χ0v) is 12.8. The molecule has 0 rings (SSSR count). The first-order valence-corrected chi connectivity index (χ1v) is 7.62. The van der Waals surface area contributed by atoms with Crippen molar-refractivity contribution in [3.63, 3.8) is 0 Å². The number of rotatable bonds is 9. The third-order valence-corrected chi connectivity index (χ3v) is 2.78. The van der Waals surface area contributed by atoms with Gasteiger partial charge in [0.1, 0.15) is 5.57 Å². The fourth-order valence-electron chi connectivity index (χ4n) is 1.64. The van der Waals surface area contributed by atoms with Crippen LogP contribution in [0.4, 0.5) is 0 Å². The van der Waals surface area contributed by atoms with E-state index >= 15 is 0 Å². The minimum Gasteiger partial charge on any atom is -0.462 e. The molecule has 0 atom stereocenters. The number of hydrogen-bond acceptors (Lipinski definition) is 2. The van der Waals surface area contributed by atoms with Gasteiger partial charge in [0.15, 0.2) is 0 Å². The van der Waals surface area contributed by atoms with Crippen molar-refractivity contribution in [3.05, 3.63) is 11.6 Å². The van der Waals surface area contributed by atoms with E-state index in [2.05, 4.69) is 25.7 Å². The molecule has 0 bridgehead atoms. The van der Waals surface area contributed by atoms with E-state index in [1.54, 1.807) is 0 Å². The molecule has 2 heteroatoms. The van der Waals surface area contributed by atoms with E-state index in [-0.39, 0.29) is 5.97 Å². The van der Waals surface area contributed by atoms with E-state index in [1.165, 1.54) is 19.3 Å². The molecule has 2 nitrogen and oxygen atoms in total. The van der Waals surface area contributed by atoms with Gasteiger partial charge in [0, 0.05) is 6.42 Å². The monoisotopic (exact) mass is 264 g/mol. The van der Waals surface area contributed by atoms with Crippen LogP contribution in [0.2, 0.25) is 0 Å². The molecule has 0 aliphatic heterocycles. The lowest BCUT2D eigenvalue weighted by molar-refractivity contribution is -0.138. The highest BCUT2D eigenvalue weighted by molar-refractivity contribution is 5.93. The number of unbranched alkanes of at least 4 members (excludes halogenated alkanes) is 6. The molecule has 0 aliphatic rings. The van der Waals surface area contributed by atoms with Gasteiger partial charge in [0.05, 0.1) is 6.61 Å². The van der Waals surface area contributed by atoms with Crippen LogP contribution in [-0.4, -0.2) is 12.6 Å². The number of carbonyl (C=O) groups is 1. The van der Waals surface area contributed by atoms with Crippen molar-refractivity contribution in [3.8, 4) is 11.8 Å². The van der Waals surface area contributed by atoms with Crippen molar-refractivity contribution in [1.82, 2.24) is 0 Å². The predicted octanol–water partition coefficient (Wildman–Crippen LogP) is 4.64. The van der Waals surface area contributed by atoms with Gasteiger partial charge in [-0.25, -0.2) is 4.79 Å². The van der Waals surface area contributed by atoms with E-state index < -0.39 is 0 Å². The van der Waals surface area contributed by atoms with Gasteiger partial charge < -0.3 is 4.74 Å². The average molecular weight is 264 g/mol. The Labute approximate surface area is 118 Å². The molecular formula is C17H28O2. The van der Waals surface area contributed by atoms with Crippen molar-refractivity contribution < 1.29 is 9.53 Å². The van der Waals surface area contributed by atoms with Crippen LogP contribution >= 0.6 is 0 Å². The molecule has 0 N–H and O–H groups in total. The zero-order valence-electron chi connectivity index (χ0n) is 12.8. The van der Waals surface area contributed by atoms with Gasteiger partial charge in [-0.2, -0.15) is 0 Å². The molecule has 0 unspecified atom stereocenters. The van der Waals surface area contributed by atoms with Crippen LogP contribution in [0.15, 0.2) is 11.6 Å². The zero-order chi connectivity index (χ0) is 14.3. The Balaban J connectivity index is 4.29. The number of carbonyl (C=O) groups excluding carboxylic acids is 1. The van der Waals surface area contributed by atoms with E-state index in [0.29, 0.717) is 12.2 Å². The fourth-order valence-corrected chi connectivity index (χ4v) is 1.64. The van der Waals surface area contributed by atoms with Gasteiger partial charge in [0.25, 0.3) is 0 Å². The van der Waals surface area contributed by atoms with E-state index in [9.17, 15) is 4.79 Å². The first kappa shape index (κ1) is 17.8. The predicted molar refractivity (Wildman–Crippen MR) is 80.8 cm³/mol. The highest BCUT2D eigenvalue weighted by Crippen LogP contribution is 2.05. The van der Waals surface area contributed by atoms with E-state index in [4.69, 9.17) is 4.74 Å². The number of hydrogen-bond donors (Lipinski definition) is 0. The average Bonchev–Trinajstić information content (AvgIpc) is 2.41. The normalized spacial score (nSPS) is 10.8. The summed E-state index contributed by atoms with van der Waals surface area (Å²) in [5.41, 5.74) is 0.533. The lowest BCUT2D eigenvalue weighted by Crippen LogP contribution is -2.06. The standard InChI is InChI=1S/C17H28O2/c1-4-7-9-10-11-13-15-16(14-12-8-5-2)17(18)19-6-3/h14H,4-12H2,1-3H3/b16-14-. The SMILES string of the molecule is CCCC/C=C(/C#CCCCCCC)C(=O)OCC. The molecule has 108 valence electrons. The second-order valence-corrected chi connectivity index (χ2v) is 4.59. The Hall–Kier alpha value is -1.23. The summed E-state index contributed by atoms with van der Waals surface area (Å²) in [6.45, 7) is 6.56. The highest BCUT2D eigenvalue weighted by Gasteiger charge is 2.06. The fraction of sp³-hybridized carbons (Fsp3) is 0.706. The lowest BCUT2D eigenvalue weighted by atomic mass is 10.1. The molecule has 0 aromatic carbocycles. The second-order valence-electron chi connectivity index (χ2n) is 4.59. The summed E-state index contributed by atoms with van der Waals surface area (Å²) >= 11 is 0. The smallest absolute Gasteiger partial charge is 0.346 e. The maximum absolute atomic E-state index is 11.7. The summed E-state index contributed by atoms with van der Waals surface area (Å²) in [7, 11) is 0. The minimum atomic E-state index is -0.278. The maximum Gasteiger partial charge on any atom is 0.346 e. The molecule has 0 spiro atoms. The highest BCUT2D eigenvalue weighted by atomic mass is 16.5. The third-order valence-electron chi connectivity index (χ3n) is 2.78. The molecule has 0 saturated carbocycles. The molecular weight excluding hydrogens is 236 g/mol. The Morgan fingerprint density at radius 2 is 1.79 bits per heavy atom. The quantitative estimate of drug-likeness (QED) is 0.262. The molecule has 0 aromatic heterocycles. The van der Waals surface area contributed by atoms with Crippen LogP contribution in [0.3, 0.4) is 0 Å². The van der Waals surface area contributed by atoms with Crippen molar-refractivity contribution in [1.29, 1.82) is 0 Å². The summed E-state index contributed by atoms with van der Waals surface area (Å²) < 4.78 is 5.02. The van der Waals surface area contributed by atoms with Crippen molar-refractivity contribution in [2.75, 3.05) is 6.61 Å². The minimum absolute atomic E-state index is 0.278. The number of esters is 1. The first-order valence-electron chi connectivity index (χ1n) is 7.62. The van der Waals surface area contributed by atoms with Crippen molar-refractivity contribution in [2.24, 2.45) is 0 Å². The van der Waals surface area contributed by atoms with Crippen molar-refractivity contribution in [2.45, 2.75) is 72.1 Å². The summed E-state index contributed by atoms with van der Waals surface area (Å²) in [6, 6.07) is 0. The molecule has 0 saturated heterocycles. The van der Waals surface area contributed by atoms with Crippen molar-refractivity contribution >= 4 is 5.97 Å². The van der Waals surface area contributed by atoms with Gasteiger partial charge in [-0.05, 0) is 19.8 Å². The third kappa shape index (κ3) is 10.4. The van der Waals surface area contributed by atoms with Crippen LogP contribution in [0.25, 0.3) is 0 Å². The topological polar surface area (TPSA) is 26.3 Å². The van der Waals surface area contributed by atoms with Crippen LogP contribution in [-0.2, 0) is 9.53 Å². The van der Waals surface area contributed by atoms with Gasteiger partial charge >= 0.3 is 5.97 Å². The second kappa shape index (κ2) is 13.2. The van der Waals surface area contributed by atoms with Crippen LogP contribution in [0.5, 0.6) is 0 Å². The van der Waals surface area contributed by atoms with Crippen LogP contribution < -0.4 is 0 Å². The van der Waals surface area contributed by atoms with Gasteiger partial charge in [-0.3, -0.25) is 0 Å². The maximum atomic E-state index is 11.7. The molecule has 0 aromatic rings. The van der Waals surface area contributed by atoms with Gasteiger partial charge in [-0.15, -0.1) is 0 Å². The van der Waals surface area contributed by atoms with Crippen LogP contribution in [0.1, 0.15) is 72.1 Å². The van der Waals surface area contributed by atoms with Crippen LogP contribution in [0, 0.1) is 11.8 Å². The molecule has 0 fully saturated rings. The molecule has 19 heavy (non-hydrogen) atoms. The largest absolute Gasteiger partial charge is 0.462 e. The summed E-state index contributed by atoms with van der Waals surface area (Å²) in [5, 5.41) is 0. The molecule has 0 radical (unpaired) electrons. The van der Waals surface area contributed by atoms with Gasteiger partial charge in [-0.1, -0.05) is 63.9 Å². The Morgan fingerprint density at radius 3 is 2.42 bits per heavy atom. The number of allylic oxidation sites excluding steroid dienone is 1. The summed E-state index contributed by atoms with van der Waals surface area (Å²) in [4.78, 5) is 11.7.